The number of thiophene rings is 1. The number of nitrogens with one attached hydrogen (secondary N) is 1. The lowest BCUT2D eigenvalue weighted by Gasteiger charge is -2.34. The van der Waals surface area contributed by atoms with Gasteiger partial charge in [0, 0.05) is 18.0 Å². The predicted octanol–water partition coefficient (Wildman–Crippen LogP) is 1.64. The second-order valence-electron chi connectivity index (χ2n) is 6.36. The van der Waals surface area contributed by atoms with Crippen LogP contribution in [0.2, 0.25) is 0 Å². The lowest BCUT2D eigenvalue weighted by molar-refractivity contribution is -0.136. The zero-order valence-electron chi connectivity index (χ0n) is 13.7. The summed E-state index contributed by atoms with van der Waals surface area (Å²) in [5.41, 5.74) is 0.950. The molecule has 1 fully saturated rings. The molecule has 4 heterocycles. The molecule has 4 rings (SSSR count). The molecule has 1 saturated heterocycles. The zero-order valence-corrected chi connectivity index (χ0v) is 14.5. The molecular weight excluding hydrogens is 342 g/mol. The van der Waals surface area contributed by atoms with Gasteiger partial charge in [-0.15, -0.1) is 11.3 Å². The molecule has 0 aromatic carbocycles. The zero-order chi connectivity index (χ0) is 17.4. The number of rotatable bonds is 3. The van der Waals surface area contributed by atoms with Crippen LogP contribution in [0.3, 0.4) is 0 Å². The molecule has 1 atom stereocenters. The van der Waals surface area contributed by atoms with Crippen molar-refractivity contribution in [3.8, 4) is 0 Å². The van der Waals surface area contributed by atoms with Crippen molar-refractivity contribution >= 4 is 29.2 Å². The van der Waals surface area contributed by atoms with Gasteiger partial charge in [-0.05, 0) is 30.7 Å². The van der Waals surface area contributed by atoms with Crippen molar-refractivity contribution < 1.29 is 19.1 Å². The number of likely N-dealkylation sites (tertiary alicyclic amines) is 1. The van der Waals surface area contributed by atoms with E-state index in [1.165, 1.54) is 16.2 Å². The Morgan fingerprint density at radius 3 is 2.80 bits per heavy atom. The van der Waals surface area contributed by atoms with Crippen LogP contribution in [0.1, 0.15) is 30.2 Å². The van der Waals surface area contributed by atoms with Gasteiger partial charge in [-0.25, -0.2) is 9.59 Å². The van der Waals surface area contributed by atoms with Crippen LogP contribution >= 0.6 is 11.3 Å². The number of esters is 1. The van der Waals surface area contributed by atoms with Gasteiger partial charge in [0.25, 0.3) is 0 Å². The van der Waals surface area contributed by atoms with E-state index in [-0.39, 0.29) is 25.1 Å². The summed E-state index contributed by atoms with van der Waals surface area (Å²) in [5.74, 6) is -0.514. The van der Waals surface area contributed by atoms with Gasteiger partial charge in [-0.1, -0.05) is 6.07 Å². The number of urea groups is 1. The number of carbonyl (C=O) groups excluding carboxylic acids is 3. The molecule has 1 aromatic rings. The molecule has 7 nitrogen and oxygen atoms in total. The Bertz CT molecular complexity index is 737. The first-order valence-corrected chi connectivity index (χ1v) is 9.32. The Labute approximate surface area is 149 Å². The fourth-order valence-electron chi connectivity index (χ4n) is 3.53. The highest BCUT2D eigenvalue weighted by Gasteiger charge is 2.43. The van der Waals surface area contributed by atoms with Crippen LogP contribution in [-0.4, -0.2) is 53.9 Å². The molecule has 0 radical (unpaired) electrons. The minimum Gasteiger partial charge on any atom is -0.456 e. The minimum atomic E-state index is -0.501. The average molecular weight is 361 g/mol. The Hall–Kier alpha value is -2.35. The molecule has 3 amide bonds. The topological polar surface area (TPSA) is 79.0 Å². The van der Waals surface area contributed by atoms with Gasteiger partial charge in [-0.2, -0.15) is 0 Å². The van der Waals surface area contributed by atoms with E-state index >= 15 is 0 Å². The summed E-state index contributed by atoms with van der Waals surface area (Å²) in [4.78, 5) is 41.4. The molecule has 0 saturated carbocycles. The third-order valence-corrected chi connectivity index (χ3v) is 5.77. The van der Waals surface area contributed by atoms with E-state index in [1.54, 1.807) is 4.90 Å². The Morgan fingerprint density at radius 2 is 2.08 bits per heavy atom. The average Bonchev–Trinajstić information content (AvgIpc) is 3.28. The van der Waals surface area contributed by atoms with Crippen LogP contribution < -0.4 is 5.32 Å². The van der Waals surface area contributed by atoms with Crippen molar-refractivity contribution in [3.05, 3.63) is 33.7 Å². The fourth-order valence-corrected chi connectivity index (χ4v) is 4.31. The summed E-state index contributed by atoms with van der Waals surface area (Å²) in [6, 6.07) is 2.89. The molecule has 25 heavy (non-hydrogen) atoms. The molecule has 132 valence electrons. The van der Waals surface area contributed by atoms with E-state index in [0.717, 1.165) is 37.2 Å². The molecule has 8 heteroatoms. The van der Waals surface area contributed by atoms with Gasteiger partial charge < -0.3 is 15.0 Å². The van der Waals surface area contributed by atoms with Crippen LogP contribution in [-0.2, 0) is 14.3 Å². The van der Waals surface area contributed by atoms with Crippen molar-refractivity contribution in [1.82, 2.24) is 15.1 Å². The number of carbonyl (C=O) groups is 3. The standard InChI is InChI=1S/C17H19N3O4S/c21-13(19-6-2-1-3-7-19)9-20-11-10-24-16(22)14(11)15(18-17(20)23)12-5-4-8-25-12/h4-5,8,15H,1-3,6-7,9-10H2,(H,18,23). The van der Waals surface area contributed by atoms with E-state index in [4.69, 9.17) is 4.74 Å². The van der Waals surface area contributed by atoms with Crippen LogP contribution in [0.25, 0.3) is 0 Å². The number of nitrogens with zero attached hydrogens (tertiary/aromatic N) is 2. The maximum atomic E-state index is 12.6. The number of amides is 3. The van der Waals surface area contributed by atoms with Gasteiger partial charge >= 0.3 is 12.0 Å². The van der Waals surface area contributed by atoms with Crippen molar-refractivity contribution in [2.24, 2.45) is 0 Å². The van der Waals surface area contributed by atoms with Gasteiger partial charge in [0.05, 0.1) is 17.3 Å². The van der Waals surface area contributed by atoms with Crippen LogP contribution in [0.5, 0.6) is 0 Å². The monoisotopic (exact) mass is 361 g/mol. The molecular formula is C17H19N3O4S. The molecule has 1 aromatic heterocycles. The van der Waals surface area contributed by atoms with E-state index < -0.39 is 12.0 Å². The first-order valence-electron chi connectivity index (χ1n) is 8.44. The number of hydrogen-bond donors (Lipinski definition) is 1. The Balaban J connectivity index is 1.60. The Kier molecular flexibility index (Phi) is 4.20. The van der Waals surface area contributed by atoms with Gasteiger partial charge in [0.2, 0.25) is 5.91 Å². The molecule has 0 bridgehead atoms. The number of hydrogen-bond acceptors (Lipinski definition) is 5. The smallest absolute Gasteiger partial charge is 0.338 e. The molecule has 0 aliphatic carbocycles. The molecule has 1 N–H and O–H groups in total. The van der Waals surface area contributed by atoms with Crippen molar-refractivity contribution in [1.29, 1.82) is 0 Å². The third kappa shape index (κ3) is 2.90. The minimum absolute atomic E-state index is 0.0384. The van der Waals surface area contributed by atoms with Crippen molar-refractivity contribution in [2.45, 2.75) is 25.3 Å². The highest BCUT2D eigenvalue weighted by atomic mass is 32.1. The summed E-state index contributed by atoms with van der Waals surface area (Å²) in [6.07, 6.45) is 3.12. The van der Waals surface area contributed by atoms with E-state index in [1.807, 2.05) is 17.5 Å². The van der Waals surface area contributed by atoms with Crippen molar-refractivity contribution in [2.75, 3.05) is 26.2 Å². The van der Waals surface area contributed by atoms with Gasteiger partial charge in [-0.3, -0.25) is 9.69 Å². The summed E-state index contributed by atoms with van der Waals surface area (Å²) < 4.78 is 5.17. The maximum Gasteiger partial charge on any atom is 0.338 e. The third-order valence-electron chi connectivity index (χ3n) is 4.83. The fraction of sp³-hybridized carbons (Fsp3) is 0.471. The van der Waals surface area contributed by atoms with E-state index in [2.05, 4.69) is 5.32 Å². The molecule has 3 aliphatic heterocycles. The van der Waals surface area contributed by atoms with Crippen molar-refractivity contribution in [3.63, 3.8) is 0 Å². The van der Waals surface area contributed by atoms with E-state index in [9.17, 15) is 14.4 Å². The van der Waals surface area contributed by atoms with Gasteiger partial charge in [0.15, 0.2) is 0 Å². The van der Waals surface area contributed by atoms with Gasteiger partial charge in [0.1, 0.15) is 13.2 Å². The largest absolute Gasteiger partial charge is 0.456 e. The summed E-state index contributed by atoms with van der Waals surface area (Å²) in [7, 11) is 0. The second-order valence-corrected chi connectivity index (χ2v) is 7.34. The molecule has 3 aliphatic rings. The van der Waals surface area contributed by atoms with Crippen LogP contribution in [0.15, 0.2) is 28.8 Å². The quantitative estimate of drug-likeness (QED) is 0.830. The lowest BCUT2D eigenvalue weighted by atomic mass is 10.0. The number of piperidine rings is 1. The highest BCUT2D eigenvalue weighted by molar-refractivity contribution is 7.10. The van der Waals surface area contributed by atoms with Crippen LogP contribution in [0.4, 0.5) is 4.79 Å². The summed E-state index contributed by atoms with van der Waals surface area (Å²) >= 11 is 1.47. The molecule has 0 spiro atoms. The first-order chi connectivity index (χ1) is 12.1. The number of cyclic esters (lactones) is 1. The Morgan fingerprint density at radius 1 is 1.28 bits per heavy atom. The summed E-state index contributed by atoms with van der Waals surface area (Å²) in [5, 5.41) is 4.74. The highest BCUT2D eigenvalue weighted by Crippen LogP contribution is 2.36. The van der Waals surface area contributed by atoms with E-state index in [0.29, 0.717) is 11.3 Å². The first kappa shape index (κ1) is 16.1. The predicted molar refractivity (Wildman–Crippen MR) is 90.7 cm³/mol. The SMILES string of the molecule is O=C1OCC2=C1C(c1cccs1)NC(=O)N2CC(=O)N1CCCCC1. The maximum absolute atomic E-state index is 12.6. The summed E-state index contributed by atoms with van der Waals surface area (Å²) in [6.45, 7) is 1.44. The number of ether oxygens (including phenoxy) is 1. The lowest BCUT2D eigenvalue weighted by Crippen LogP contribution is -2.51. The normalized spacial score (nSPS) is 23.4. The second kappa shape index (κ2) is 6.51. The van der Waals surface area contributed by atoms with Crippen LogP contribution in [0, 0.1) is 0 Å². The molecule has 1 unspecified atom stereocenters.